The first-order valence-electron chi connectivity index (χ1n) is 25.5. The summed E-state index contributed by atoms with van der Waals surface area (Å²) in [5.41, 5.74) is 0. The van der Waals surface area contributed by atoms with E-state index in [1.54, 1.807) is 0 Å². The third-order valence-electron chi connectivity index (χ3n) is 11.0. The van der Waals surface area contributed by atoms with Gasteiger partial charge in [-0.1, -0.05) is 222 Å². The lowest BCUT2D eigenvalue weighted by Crippen LogP contribution is -2.28. The zero-order valence-electron chi connectivity index (χ0n) is 39.5. The van der Waals surface area contributed by atoms with Gasteiger partial charge in [-0.2, -0.15) is 0 Å². The molecule has 0 spiro atoms. The summed E-state index contributed by atoms with van der Waals surface area (Å²) in [4.78, 5) is 24.4. The molecule has 0 aliphatic heterocycles. The minimum absolute atomic E-state index is 0.0761. The summed E-state index contributed by atoms with van der Waals surface area (Å²) in [5.74, 6) is -0.608. The Morgan fingerprint density at radius 1 is 0.400 bits per heavy atom. The van der Waals surface area contributed by atoms with Crippen molar-refractivity contribution >= 4 is 11.9 Å². The zero-order chi connectivity index (χ0) is 43.5. The van der Waals surface area contributed by atoms with E-state index < -0.39 is 6.10 Å². The summed E-state index contributed by atoms with van der Waals surface area (Å²) in [6.07, 6.45) is 68.6. The molecule has 0 fully saturated rings. The summed E-state index contributed by atoms with van der Waals surface area (Å²) in [7, 11) is 0. The van der Waals surface area contributed by atoms with Crippen molar-refractivity contribution in [1.82, 2.24) is 0 Å². The molecule has 0 aromatic carbocycles. The maximum Gasteiger partial charge on any atom is 0.306 e. The molecule has 0 amide bonds. The highest BCUT2D eigenvalue weighted by molar-refractivity contribution is 5.70. The predicted molar refractivity (Wildman–Crippen MR) is 260 cm³/mol. The third-order valence-corrected chi connectivity index (χ3v) is 11.0. The first kappa shape index (κ1) is 57.3. The van der Waals surface area contributed by atoms with Crippen LogP contribution in [-0.4, -0.2) is 36.4 Å². The van der Waals surface area contributed by atoms with Gasteiger partial charge in [0.2, 0.25) is 0 Å². The second-order valence-corrected chi connectivity index (χ2v) is 16.9. The van der Waals surface area contributed by atoms with Crippen LogP contribution in [0.2, 0.25) is 0 Å². The molecular formula is C55H96O5. The molecule has 60 heavy (non-hydrogen) atoms. The van der Waals surface area contributed by atoms with Crippen LogP contribution in [0.25, 0.3) is 0 Å². The molecule has 1 atom stereocenters. The lowest BCUT2D eigenvalue weighted by atomic mass is 10.0. The number of carbonyl (C=O) groups excluding carboxylic acids is 2. The number of allylic oxidation sites excluding steroid dienone is 12. The molecule has 0 aliphatic rings. The monoisotopic (exact) mass is 837 g/mol. The second kappa shape index (κ2) is 50.7. The molecular weight excluding hydrogens is 741 g/mol. The molecule has 0 heterocycles. The average Bonchev–Trinajstić information content (AvgIpc) is 3.25. The van der Waals surface area contributed by atoms with Gasteiger partial charge in [-0.25, -0.2) is 0 Å². The third kappa shape index (κ3) is 48.0. The Morgan fingerprint density at radius 2 is 0.717 bits per heavy atom. The predicted octanol–water partition coefficient (Wildman–Crippen LogP) is 16.9. The molecule has 1 unspecified atom stereocenters. The van der Waals surface area contributed by atoms with Crippen LogP contribution in [0.15, 0.2) is 72.9 Å². The Kier molecular flexibility index (Phi) is 48.4. The highest BCUT2D eigenvalue weighted by Crippen LogP contribution is 2.15. The number of hydrogen-bond acceptors (Lipinski definition) is 5. The van der Waals surface area contributed by atoms with Crippen molar-refractivity contribution in [2.45, 2.75) is 251 Å². The molecule has 5 heteroatoms. The Labute approximate surface area is 372 Å². The summed E-state index contributed by atoms with van der Waals surface area (Å²) < 4.78 is 10.6. The zero-order valence-corrected chi connectivity index (χ0v) is 39.5. The van der Waals surface area contributed by atoms with Gasteiger partial charge >= 0.3 is 11.9 Å². The van der Waals surface area contributed by atoms with E-state index in [1.807, 2.05) is 0 Å². The SMILES string of the molecule is CC/C=C\C/C=C\C/C=C\CCCCCCCC(=O)OCC(CO)OC(=O)CCCCCCCCCCCCCCCCCC/C=C\C/C=C\C/C=C\CCCCCCC. The van der Waals surface area contributed by atoms with Gasteiger partial charge in [0.25, 0.3) is 0 Å². The van der Waals surface area contributed by atoms with Gasteiger partial charge in [0.15, 0.2) is 6.10 Å². The van der Waals surface area contributed by atoms with E-state index in [0.717, 1.165) is 83.5 Å². The fourth-order valence-electron chi connectivity index (χ4n) is 7.17. The maximum atomic E-state index is 12.3. The molecule has 0 saturated carbocycles. The van der Waals surface area contributed by atoms with Crippen LogP contribution < -0.4 is 0 Å². The molecule has 5 nitrogen and oxygen atoms in total. The molecule has 0 aromatic heterocycles. The van der Waals surface area contributed by atoms with E-state index in [-0.39, 0.29) is 25.2 Å². The summed E-state index contributed by atoms with van der Waals surface area (Å²) in [6.45, 7) is 4.01. The van der Waals surface area contributed by atoms with Crippen molar-refractivity contribution in [3.05, 3.63) is 72.9 Å². The fraction of sp³-hybridized carbons (Fsp3) is 0.745. The van der Waals surface area contributed by atoms with E-state index in [0.29, 0.717) is 12.8 Å². The summed E-state index contributed by atoms with van der Waals surface area (Å²) >= 11 is 0. The van der Waals surface area contributed by atoms with E-state index >= 15 is 0 Å². The standard InChI is InChI=1S/C55H96O5/c1-3-5-7-9-11-13-15-17-19-20-21-22-23-24-25-26-27-28-29-30-31-32-33-34-36-38-40-42-44-46-48-50-55(58)60-53(51-56)52-59-54(57)49-47-45-43-41-39-37-35-18-16-14-12-10-8-6-4-2/h6,8,12,14-15,17-18,20-21,23-24,35,53,56H,3-5,7,9-11,13,16,19,22,25-34,36-52H2,1-2H3/b8-6-,14-12-,17-15-,21-20-,24-23-,35-18-. The number of hydrogen-bond donors (Lipinski definition) is 1. The van der Waals surface area contributed by atoms with Gasteiger partial charge in [0, 0.05) is 12.8 Å². The van der Waals surface area contributed by atoms with Gasteiger partial charge in [0.05, 0.1) is 6.61 Å². The molecule has 0 saturated heterocycles. The minimum atomic E-state index is -0.781. The van der Waals surface area contributed by atoms with Gasteiger partial charge in [0.1, 0.15) is 6.61 Å². The molecule has 0 rings (SSSR count). The number of ether oxygens (including phenoxy) is 2. The van der Waals surface area contributed by atoms with E-state index in [9.17, 15) is 14.7 Å². The average molecular weight is 837 g/mol. The van der Waals surface area contributed by atoms with Gasteiger partial charge in [-0.05, 0) is 83.5 Å². The lowest BCUT2D eigenvalue weighted by Gasteiger charge is -2.15. The van der Waals surface area contributed by atoms with Crippen molar-refractivity contribution in [2.75, 3.05) is 13.2 Å². The Bertz CT molecular complexity index is 1080. The summed E-state index contributed by atoms with van der Waals surface area (Å²) in [5, 5.41) is 9.61. The number of rotatable bonds is 46. The number of aliphatic hydroxyl groups excluding tert-OH is 1. The highest BCUT2D eigenvalue weighted by atomic mass is 16.6. The van der Waals surface area contributed by atoms with E-state index in [1.165, 1.54) is 135 Å². The van der Waals surface area contributed by atoms with Gasteiger partial charge < -0.3 is 14.6 Å². The lowest BCUT2D eigenvalue weighted by molar-refractivity contribution is -0.161. The van der Waals surface area contributed by atoms with E-state index in [4.69, 9.17) is 9.47 Å². The Hall–Kier alpha value is -2.66. The molecule has 0 bridgehead atoms. The van der Waals surface area contributed by atoms with Crippen molar-refractivity contribution in [1.29, 1.82) is 0 Å². The van der Waals surface area contributed by atoms with Crippen LogP contribution >= 0.6 is 0 Å². The molecule has 0 aromatic rings. The number of unbranched alkanes of at least 4 members (excludes halogenated alkanes) is 26. The maximum absolute atomic E-state index is 12.3. The number of aliphatic hydroxyl groups is 1. The van der Waals surface area contributed by atoms with Crippen molar-refractivity contribution in [2.24, 2.45) is 0 Å². The van der Waals surface area contributed by atoms with Crippen LogP contribution in [-0.2, 0) is 19.1 Å². The first-order chi connectivity index (χ1) is 29.6. The molecule has 0 aliphatic carbocycles. The van der Waals surface area contributed by atoms with Crippen LogP contribution in [0.5, 0.6) is 0 Å². The van der Waals surface area contributed by atoms with E-state index in [2.05, 4.69) is 86.8 Å². The first-order valence-corrected chi connectivity index (χ1v) is 25.5. The summed E-state index contributed by atoms with van der Waals surface area (Å²) in [6, 6.07) is 0. The second-order valence-electron chi connectivity index (χ2n) is 16.9. The van der Waals surface area contributed by atoms with Gasteiger partial charge in [-0.15, -0.1) is 0 Å². The van der Waals surface area contributed by atoms with Gasteiger partial charge in [-0.3, -0.25) is 9.59 Å². The topological polar surface area (TPSA) is 72.8 Å². The Balaban J connectivity index is 3.48. The molecule has 0 radical (unpaired) electrons. The fourth-order valence-corrected chi connectivity index (χ4v) is 7.17. The largest absolute Gasteiger partial charge is 0.462 e. The molecule has 346 valence electrons. The minimum Gasteiger partial charge on any atom is -0.462 e. The quantitative estimate of drug-likeness (QED) is 0.0376. The van der Waals surface area contributed by atoms with Crippen LogP contribution in [0.1, 0.15) is 245 Å². The van der Waals surface area contributed by atoms with Crippen LogP contribution in [0.3, 0.4) is 0 Å². The Morgan fingerprint density at radius 3 is 1.08 bits per heavy atom. The molecule has 1 N–H and O–H groups in total. The number of carbonyl (C=O) groups is 2. The highest BCUT2D eigenvalue weighted by Gasteiger charge is 2.16. The van der Waals surface area contributed by atoms with Crippen molar-refractivity contribution in [3.63, 3.8) is 0 Å². The van der Waals surface area contributed by atoms with Crippen LogP contribution in [0, 0.1) is 0 Å². The van der Waals surface area contributed by atoms with Crippen LogP contribution in [0.4, 0.5) is 0 Å². The van der Waals surface area contributed by atoms with Crippen molar-refractivity contribution < 1.29 is 24.2 Å². The normalized spacial score (nSPS) is 12.8. The van der Waals surface area contributed by atoms with Crippen molar-refractivity contribution in [3.8, 4) is 0 Å². The number of esters is 2. The smallest absolute Gasteiger partial charge is 0.306 e.